The van der Waals surface area contributed by atoms with E-state index in [1.165, 1.54) is 18.4 Å². The molecular formula is C26H27N3O4. The second kappa shape index (κ2) is 9.65. The van der Waals surface area contributed by atoms with Crippen molar-refractivity contribution in [2.45, 2.75) is 6.92 Å². The number of benzene rings is 3. The van der Waals surface area contributed by atoms with E-state index < -0.39 is 11.9 Å². The monoisotopic (exact) mass is 445 g/mol. The van der Waals surface area contributed by atoms with Gasteiger partial charge < -0.3 is 25.0 Å². The summed E-state index contributed by atoms with van der Waals surface area (Å²) >= 11 is 0. The summed E-state index contributed by atoms with van der Waals surface area (Å²) in [6.45, 7) is 5.33. The molecule has 3 aromatic rings. The van der Waals surface area contributed by atoms with Crippen molar-refractivity contribution in [3.05, 3.63) is 83.4 Å². The second-order valence-electron chi connectivity index (χ2n) is 8.00. The van der Waals surface area contributed by atoms with E-state index >= 15 is 0 Å². The van der Waals surface area contributed by atoms with Gasteiger partial charge in [-0.1, -0.05) is 24.3 Å². The third-order valence-electron chi connectivity index (χ3n) is 5.84. The van der Waals surface area contributed by atoms with Crippen LogP contribution in [0.15, 0.2) is 66.7 Å². The predicted octanol–water partition coefficient (Wildman–Crippen LogP) is 4.28. The summed E-state index contributed by atoms with van der Waals surface area (Å²) < 4.78 is 5.24. The molecule has 0 saturated carbocycles. The number of para-hydroxylation sites is 1. The fraction of sp³-hybridized carbons (Fsp3) is 0.231. The van der Waals surface area contributed by atoms with Crippen molar-refractivity contribution in [1.29, 1.82) is 0 Å². The molecule has 3 aromatic carbocycles. The van der Waals surface area contributed by atoms with Crippen LogP contribution in [0.5, 0.6) is 5.75 Å². The first-order chi connectivity index (χ1) is 16.0. The normalized spacial score (nSPS) is 13.5. The van der Waals surface area contributed by atoms with Gasteiger partial charge in [0.05, 0.1) is 23.9 Å². The molecule has 7 heteroatoms. The second-order valence-corrected chi connectivity index (χ2v) is 8.00. The molecule has 0 spiro atoms. The van der Waals surface area contributed by atoms with Crippen molar-refractivity contribution in [3.8, 4) is 5.75 Å². The topological polar surface area (TPSA) is 82.1 Å². The highest BCUT2D eigenvalue weighted by atomic mass is 16.5. The van der Waals surface area contributed by atoms with E-state index in [1.54, 1.807) is 36.4 Å². The van der Waals surface area contributed by atoms with Crippen LogP contribution >= 0.6 is 0 Å². The molecule has 1 fully saturated rings. The number of hydrogen-bond donors (Lipinski definition) is 2. The number of amides is 1. The summed E-state index contributed by atoms with van der Waals surface area (Å²) in [5, 5.41) is 12.5. The lowest BCUT2D eigenvalue weighted by atomic mass is 10.1. The van der Waals surface area contributed by atoms with Gasteiger partial charge in [-0.05, 0) is 55.0 Å². The van der Waals surface area contributed by atoms with Crippen molar-refractivity contribution < 1.29 is 19.4 Å². The fourth-order valence-corrected chi connectivity index (χ4v) is 4.08. The molecule has 170 valence electrons. The summed E-state index contributed by atoms with van der Waals surface area (Å²) in [6.07, 6.45) is 0. The summed E-state index contributed by atoms with van der Waals surface area (Å²) in [6, 6.07) is 20.4. The standard InChI is InChI=1S/C26H27N3O4/c1-18-6-5-7-19(16-18)28-12-14-29(15-13-28)20-10-11-23(22(17-20)26(31)32)27-25(30)21-8-3-4-9-24(21)33-2/h3-11,16-17H,12-15H2,1-2H3,(H,27,30)(H,31,32). The Bertz CT molecular complexity index is 1170. The van der Waals surface area contributed by atoms with E-state index in [4.69, 9.17) is 4.74 Å². The van der Waals surface area contributed by atoms with Crippen LogP contribution < -0.4 is 19.9 Å². The highest BCUT2D eigenvalue weighted by Crippen LogP contribution is 2.27. The SMILES string of the molecule is COc1ccccc1C(=O)Nc1ccc(N2CCN(c3cccc(C)c3)CC2)cc1C(=O)O. The lowest BCUT2D eigenvalue weighted by Gasteiger charge is -2.37. The zero-order valence-electron chi connectivity index (χ0n) is 18.7. The Morgan fingerprint density at radius 2 is 1.52 bits per heavy atom. The quantitative estimate of drug-likeness (QED) is 0.589. The molecule has 33 heavy (non-hydrogen) atoms. The van der Waals surface area contributed by atoms with Gasteiger partial charge in [-0.2, -0.15) is 0 Å². The van der Waals surface area contributed by atoms with E-state index in [1.807, 2.05) is 6.07 Å². The highest BCUT2D eigenvalue weighted by molar-refractivity contribution is 6.09. The summed E-state index contributed by atoms with van der Waals surface area (Å²) in [7, 11) is 1.49. The van der Waals surface area contributed by atoms with Gasteiger partial charge in [-0.3, -0.25) is 4.79 Å². The van der Waals surface area contributed by atoms with E-state index in [2.05, 4.69) is 46.3 Å². The summed E-state index contributed by atoms with van der Waals surface area (Å²) in [5.41, 5.74) is 3.90. The van der Waals surface area contributed by atoms with E-state index in [9.17, 15) is 14.7 Å². The average molecular weight is 446 g/mol. The molecule has 0 unspecified atom stereocenters. The van der Waals surface area contributed by atoms with Crippen molar-refractivity contribution in [2.24, 2.45) is 0 Å². The maximum atomic E-state index is 12.8. The van der Waals surface area contributed by atoms with Gasteiger partial charge in [0.15, 0.2) is 0 Å². The van der Waals surface area contributed by atoms with Crippen LogP contribution in [0, 0.1) is 6.92 Å². The van der Waals surface area contributed by atoms with Gasteiger partial charge in [0.2, 0.25) is 0 Å². The van der Waals surface area contributed by atoms with Crippen molar-refractivity contribution in [2.75, 3.05) is 48.4 Å². The number of aryl methyl sites for hydroxylation is 1. The number of carboxylic acids is 1. The molecule has 0 radical (unpaired) electrons. The van der Waals surface area contributed by atoms with Crippen LogP contribution in [-0.2, 0) is 0 Å². The average Bonchev–Trinajstić information content (AvgIpc) is 2.84. The molecular weight excluding hydrogens is 418 g/mol. The Hall–Kier alpha value is -4.00. The Balaban J connectivity index is 1.49. The van der Waals surface area contributed by atoms with Crippen molar-refractivity contribution in [1.82, 2.24) is 0 Å². The summed E-state index contributed by atoms with van der Waals surface area (Å²) in [5.74, 6) is -1.09. The minimum atomic E-state index is -1.09. The Morgan fingerprint density at radius 3 is 2.15 bits per heavy atom. The molecule has 1 aliphatic heterocycles. The van der Waals surface area contributed by atoms with Gasteiger partial charge in [0.25, 0.3) is 5.91 Å². The first-order valence-corrected chi connectivity index (χ1v) is 10.8. The van der Waals surface area contributed by atoms with Crippen LogP contribution in [0.3, 0.4) is 0 Å². The van der Waals surface area contributed by atoms with E-state index in [0.29, 0.717) is 11.3 Å². The summed E-state index contributed by atoms with van der Waals surface area (Å²) in [4.78, 5) is 29.2. The van der Waals surface area contributed by atoms with Gasteiger partial charge in [-0.25, -0.2) is 4.79 Å². The molecule has 4 rings (SSSR count). The number of ether oxygens (including phenoxy) is 1. The number of carboxylic acid groups (broad SMARTS) is 1. The van der Waals surface area contributed by atoms with E-state index in [-0.39, 0.29) is 11.3 Å². The molecule has 1 amide bonds. The maximum Gasteiger partial charge on any atom is 0.337 e. The molecule has 0 bridgehead atoms. The molecule has 0 aromatic heterocycles. The zero-order valence-corrected chi connectivity index (χ0v) is 18.7. The molecule has 7 nitrogen and oxygen atoms in total. The molecule has 2 N–H and O–H groups in total. The first-order valence-electron chi connectivity index (χ1n) is 10.8. The number of methoxy groups -OCH3 is 1. The highest BCUT2D eigenvalue weighted by Gasteiger charge is 2.21. The number of hydrogen-bond acceptors (Lipinski definition) is 5. The maximum absolute atomic E-state index is 12.8. The zero-order chi connectivity index (χ0) is 23.4. The largest absolute Gasteiger partial charge is 0.496 e. The fourth-order valence-electron chi connectivity index (χ4n) is 4.08. The lowest BCUT2D eigenvalue weighted by molar-refractivity contribution is 0.0698. The smallest absolute Gasteiger partial charge is 0.337 e. The Kier molecular flexibility index (Phi) is 6.49. The van der Waals surface area contributed by atoms with E-state index in [0.717, 1.165) is 31.9 Å². The lowest BCUT2D eigenvalue weighted by Crippen LogP contribution is -2.46. The third-order valence-corrected chi connectivity index (χ3v) is 5.84. The van der Waals surface area contributed by atoms with Gasteiger partial charge in [0, 0.05) is 37.6 Å². The molecule has 1 saturated heterocycles. The van der Waals surface area contributed by atoms with Gasteiger partial charge in [0.1, 0.15) is 5.75 Å². The minimum absolute atomic E-state index is 0.0526. The number of aromatic carboxylic acids is 1. The first kappa shape index (κ1) is 22.2. The Labute approximate surface area is 193 Å². The number of carbonyl (C=O) groups excluding carboxylic acids is 1. The number of nitrogens with one attached hydrogen (secondary N) is 1. The van der Waals surface area contributed by atoms with Crippen LogP contribution in [0.2, 0.25) is 0 Å². The minimum Gasteiger partial charge on any atom is -0.496 e. The number of carbonyl (C=O) groups is 2. The predicted molar refractivity (Wildman–Crippen MR) is 130 cm³/mol. The molecule has 0 aliphatic carbocycles. The number of rotatable bonds is 6. The van der Waals surface area contributed by atoms with Crippen LogP contribution in [-0.4, -0.2) is 50.3 Å². The number of piperazine rings is 1. The van der Waals surface area contributed by atoms with Crippen LogP contribution in [0.1, 0.15) is 26.3 Å². The molecule has 1 aliphatic rings. The number of nitrogens with zero attached hydrogens (tertiary/aromatic N) is 2. The van der Waals surface area contributed by atoms with Crippen molar-refractivity contribution in [3.63, 3.8) is 0 Å². The third kappa shape index (κ3) is 4.92. The van der Waals surface area contributed by atoms with Gasteiger partial charge in [-0.15, -0.1) is 0 Å². The van der Waals surface area contributed by atoms with Crippen LogP contribution in [0.4, 0.5) is 17.1 Å². The molecule has 1 heterocycles. The van der Waals surface area contributed by atoms with Crippen molar-refractivity contribution >= 4 is 28.9 Å². The Morgan fingerprint density at radius 1 is 0.848 bits per heavy atom. The van der Waals surface area contributed by atoms with Gasteiger partial charge >= 0.3 is 5.97 Å². The van der Waals surface area contributed by atoms with Crippen LogP contribution in [0.25, 0.3) is 0 Å². The molecule has 0 atom stereocenters. The number of anilines is 3.